The lowest BCUT2D eigenvalue weighted by Gasteiger charge is -2.24. The molecule has 2 atom stereocenters. The van der Waals surface area contributed by atoms with Crippen LogP contribution in [0.5, 0.6) is 5.75 Å². The van der Waals surface area contributed by atoms with Crippen LogP contribution in [-0.2, 0) is 4.79 Å². The molecule has 0 radical (unpaired) electrons. The maximum atomic E-state index is 13.0. The fourth-order valence-corrected chi connectivity index (χ4v) is 4.07. The average Bonchev–Trinajstić information content (AvgIpc) is 2.87. The van der Waals surface area contributed by atoms with Gasteiger partial charge in [0.15, 0.2) is 6.19 Å². The Morgan fingerprint density at radius 2 is 1.68 bits per heavy atom. The van der Waals surface area contributed by atoms with Crippen molar-refractivity contribution in [2.24, 2.45) is 0 Å². The average molecular weight is 530 g/mol. The van der Waals surface area contributed by atoms with E-state index in [4.69, 9.17) is 11.6 Å². The molecular weight excluding hydrogens is 507 g/mol. The van der Waals surface area contributed by atoms with Crippen molar-refractivity contribution < 1.29 is 27.5 Å². The van der Waals surface area contributed by atoms with Crippen LogP contribution in [0.15, 0.2) is 72.8 Å². The number of nitrogens with zero attached hydrogens (tertiary/aromatic N) is 2. The number of benzene rings is 3. The maximum Gasteiger partial charge on any atom is 0.573 e. The maximum absolute atomic E-state index is 13.0. The van der Waals surface area contributed by atoms with Gasteiger partial charge in [-0.1, -0.05) is 67.1 Å². The van der Waals surface area contributed by atoms with Crippen molar-refractivity contribution in [1.82, 2.24) is 10.2 Å². The number of para-hydroxylation sites is 1. The Balaban J connectivity index is 1.82. The molecule has 3 aromatic rings. The molecule has 1 unspecified atom stereocenters. The Morgan fingerprint density at radius 1 is 1.05 bits per heavy atom. The molecule has 0 spiro atoms. The Kier molecular flexibility index (Phi) is 8.79. The van der Waals surface area contributed by atoms with Crippen LogP contribution >= 0.6 is 11.6 Å². The topological polar surface area (TPSA) is 82.4 Å². The summed E-state index contributed by atoms with van der Waals surface area (Å²) >= 11 is 6.23. The molecule has 0 saturated carbocycles. The summed E-state index contributed by atoms with van der Waals surface area (Å²) in [6, 6.07) is 18.2. The van der Waals surface area contributed by atoms with E-state index in [2.05, 4.69) is 10.1 Å². The van der Waals surface area contributed by atoms with E-state index in [0.29, 0.717) is 5.02 Å². The quantitative estimate of drug-likeness (QED) is 0.281. The molecule has 0 fully saturated rings. The Labute approximate surface area is 217 Å². The predicted octanol–water partition coefficient (Wildman–Crippen LogP) is 6.14. The molecule has 192 valence electrons. The number of rotatable bonds is 8. The summed E-state index contributed by atoms with van der Waals surface area (Å²) in [5, 5.41) is 12.3. The number of carbonyl (C=O) groups is 2. The Hall–Kier alpha value is -4.03. The zero-order valence-electron chi connectivity index (χ0n) is 19.9. The van der Waals surface area contributed by atoms with E-state index in [1.54, 1.807) is 55.6 Å². The number of alkyl halides is 3. The molecule has 2 amide bonds. The standard InChI is InChI=1S/C27H23ClF3N3O3/c1-17(20-7-4-6-10-24(20)37-27(29,30)31)15-23(26(36)34(2)16-32)33-25(35)19-13-11-18(12-14-19)21-8-3-5-9-22(21)28/h3-14,17,23H,15H2,1-2H3,(H,33,35)/t17?,23-/m0/s1. The normalized spacial score (nSPS) is 12.7. The van der Waals surface area contributed by atoms with E-state index < -0.39 is 35.9 Å². The molecule has 1 N–H and O–H groups in total. The van der Waals surface area contributed by atoms with Gasteiger partial charge < -0.3 is 10.1 Å². The van der Waals surface area contributed by atoms with Crippen LogP contribution in [0.1, 0.15) is 35.2 Å². The second kappa shape index (κ2) is 11.8. The predicted molar refractivity (Wildman–Crippen MR) is 133 cm³/mol. The van der Waals surface area contributed by atoms with E-state index >= 15 is 0 Å². The van der Waals surface area contributed by atoms with E-state index in [9.17, 15) is 28.0 Å². The number of likely N-dealkylation sites (N-methyl/N-ethyl adjacent to an activating group) is 1. The van der Waals surface area contributed by atoms with Gasteiger partial charge in [0.2, 0.25) is 0 Å². The number of ether oxygens (including phenoxy) is 1. The zero-order chi connectivity index (χ0) is 27.2. The highest BCUT2D eigenvalue weighted by Crippen LogP contribution is 2.33. The summed E-state index contributed by atoms with van der Waals surface area (Å²) in [5.74, 6) is -2.32. The third-order valence-corrected chi connectivity index (χ3v) is 6.01. The molecule has 0 aliphatic rings. The number of halogens is 4. The molecule has 0 saturated heterocycles. The van der Waals surface area contributed by atoms with Gasteiger partial charge in [0.1, 0.15) is 11.8 Å². The molecule has 3 rings (SSSR count). The number of nitrogens with one attached hydrogen (secondary N) is 1. The summed E-state index contributed by atoms with van der Waals surface area (Å²) in [6.07, 6.45) is -3.28. The molecule has 0 bridgehead atoms. The summed E-state index contributed by atoms with van der Waals surface area (Å²) in [7, 11) is 1.24. The minimum absolute atomic E-state index is 0.0769. The van der Waals surface area contributed by atoms with E-state index in [1.807, 2.05) is 12.1 Å². The number of hydrogen-bond donors (Lipinski definition) is 1. The molecular formula is C27H23ClF3N3O3. The van der Waals surface area contributed by atoms with Crippen molar-refractivity contribution in [3.05, 3.63) is 88.9 Å². The lowest BCUT2D eigenvalue weighted by Crippen LogP contribution is -2.46. The number of hydrogen-bond acceptors (Lipinski definition) is 4. The molecule has 0 aliphatic heterocycles. The van der Waals surface area contributed by atoms with Crippen molar-refractivity contribution in [2.45, 2.75) is 31.7 Å². The van der Waals surface area contributed by atoms with Crippen LogP contribution in [0.4, 0.5) is 13.2 Å². The van der Waals surface area contributed by atoms with Gasteiger partial charge >= 0.3 is 6.36 Å². The molecule has 10 heteroatoms. The van der Waals surface area contributed by atoms with Crippen LogP contribution in [0.25, 0.3) is 11.1 Å². The number of carbonyl (C=O) groups excluding carboxylic acids is 2. The van der Waals surface area contributed by atoms with Crippen molar-refractivity contribution in [3.63, 3.8) is 0 Å². The third-order valence-electron chi connectivity index (χ3n) is 5.68. The van der Waals surface area contributed by atoms with Gasteiger partial charge in [0, 0.05) is 23.2 Å². The fraction of sp³-hybridized carbons (Fsp3) is 0.222. The van der Waals surface area contributed by atoms with Gasteiger partial charge in [-0.15, -0.1) is 13.2 Å². The second-order valence-corrected chi connectivity index (χ2v) is 8.71. The van der Waals surface area contributed by atoms with Crippen LogP contribution in [0.3, 0.4) is 0 Å². The Bertz CT molecular complexity index is 1310. The Morgan fingerprint density at radius 3 is 2.30 bits per heavy atom. The summed E-state index contributed by atoms with van der Waals surface area (Å²) in [6.45, 7) is 1.61. The zero-order valence-corrected chi connectivity index (χ0v) is 20.7. The van der Waals surface area contributed by atoms with Crippen molar-refractivity contribution in [3.8, 4) is 23.1 Å². The van der Waals surface area contributed by atoms with E-state index in [0.717, 1.165) is 16.0 Å². The largest absolute Gasteiger partial charge is 0.573 e. The van der Waals surface area contributed by atoms with Gasteiger partial charge in [0.25, 0.3) is 11.8 Å². The SMILES string of the molecule is CC(C[C@H](NC(=O)c1ccc(-c2ccccc2Cl)cc1)C(=O)N(C)C#N)c1ccccc1OC(F)(F)F. The first-order valence-electron chi connectivity index (χ1n) is 11.2. The van der Waals surface area contributed by atoms with Crippen molar-refractivity contribution >= 4 is 23.4 Å². The second-order valence-electron chi connectivity index (χ2n) is 8.30. The molecule has 3 aromatic carbocycles. The molecule has 6 nitrogen and oxygen atoms in total. The van der Waals surface area contributed by atoms with Crippen molar-refractivity contribution in [2.75, 3.05) is 7.05 Å². The number of nitriles is 1. The summed E-state index contributed by atoms with van der Waals surface area (Å²) < 4.78 is 42.7. The van der Waals surface area contributed by atoms with Crippen LogP contribution in [0.2, 0.25) is 5.02 Å². The fourth-order valence-electron chi connectivity index (χ4n) is 3.83. The van der Waals surface area contributed by atoms with E-state index in [1.165, 1.54) is 25.2 Å². The van der Waals surface area contributed by atoms with Crippen LogP contribution < -0.4 is 10.1 Å². The monoisotopic (exact) mass is 529 g/mol. The third kappa shape index (κ3) is 7.24. The van der Waals surface area contributed by atoms with Gasteiger partial charge in [-0.2, -0.15) is 5.26 Å². The number of amides is 2. The van der Waals surface area contributed by atoms with E-state index in [-0.39, 0.29) is 17.5 Å². The molecule has 0 aliphatic carbocycles. The first-order chi connectivity index (χ1) is 17.5. The first kappa shape index (κ1) is 27.6. The van der Waals surface area contributed by atoms with Crippen LogP contribution in [-0.4, -0.2) is 36.2 Å². The highest BCUT2D eigenvalue weighted by Gasteiger charge is 2.33. The minimum Gasteiger partial charge on any atom is -0.405 e. The summed E-state index contributed by atoms with van der Waals surface area (Å²) in [4.78, 5) is 26.6. The smallest absolute Gasteiger partial charge is 0.405 e. The van der Waals surface area contributed by atoms with Crippen molar-refractivity contribution in [1.29, 1.82) is 5.26 Å². The lowest BCUT2D eigenvalue weighted by molar-refractivity contribution is -0.275. The van der Waals surface area contributed by atoms with Crippen LogP contribution in [0, 0.1) is 11.5 Å². The lowest BCUT2D eigenvalue weighted by atomic mass is 9.92. The molecule has 0 heterocycles. The highest BCUT2D eigenvalue weighted by atomic mass is 35.5. The van der Waals surface area contributed by atoms with Gasteiger partial charge in [-0.25, -0.2) is 0 Å². The van der Waals surface area contributed by atoms with Gasteiger partial charge in [-0.05, 0) is 47.7 Å². The van der Waals surface area contributed by atoms with Gasteiger partial charge in [0.05, 0.1) is 0 Å². The molecule has 37 heavy (non-hydrogen) atoms. The van der Waals surface area contributed by atoms with Gasteiger partial charge in [-0.3, -0.25) is 14.5 Å². The minimum atomic E-state index is -4.89. The first-order valence-corrected chi connectivity index (χ1v) is 11.6. The molecule has 0 aromatic heterocycles. The summed E-state index contributed by atoms with van der Waals surface area (Å²) in [5.41, 5.74) is 2.03. The highest BCUT2D eigenvalue weighted by molar-refractivity contribution is 6.33.